The summed E-state index contributed by atoms with van der Waals surface area (Å²) < 4.78 is 31.7. The molecule has 10 N–H and O–H groups in total. The summed E-state index contributed by atoms with van der Waals surface area (Å²) >= 11 is 0. The van der Waals surface area contributed by atoms with Crippen molar-refractivity contribution in [2.24, 2.45) is 17.4 Å². The number of urea groups is 1. The van der Waals surface area contributed by atoms with Crippen molar-refractivity contribution in [3.05, 3.63) is 0 Å². The van der Waals surface area contributed by atoms with Crippen LogP contribution < -0.4 is 32.7 Å². The van der Waals surface area contributed by atoms with Crippen LogP contribution in [0.25, 0.3) is 0 Å². The van der Waals surface area contributed by atoms with Gasteiger partial charge in [-0.3, -0.25) is 14.4 Å². The number of carbonyl (C=O) groups excluding carboxylic acids is 4. The van der Waals surface area contributed by atoms with E-state index in [-0.39, 0.29) is 38.4 Å². The molecule has 0 bridgehead atoms. The van der Waals surface area contributed by atoms with Crippen molar-refractivity contribution >= 4 is 35.7 Å². The second kappa shape index (κ2) is 16.9. The van der Waals surface area contributed by atoms with Gasteiger partial charge in [0.2, 0.25) is 17.7 Å². The highest BCUT2D eigenvalue weighted by Crippen LogP contribution is 2.13. The van der Waals surface area contributed by atoms with Gasteiger partial charge in [0.1, 0.15) is 12.1 Å². The number of halogens is 3. The van der Waals surface area contributed by atoms with E-state index in [9.17, 15) is 42.3 Å². The summed E-state index contributed by atoms with van der Waals surface area (Å²) in [5, 5.41) is 25.9. The zero-order chi connectivity index (χ0) is 27.8. The number of aliphatic carboxylic acids is 2. The van der Waals surface area contributed by atoms with Crippen LogP contribution in [0.2, 0.25) is 0 Å². The molecule has 0 fully saturated rings. The predicted molar refractivity (Wildman–Crippen MR) is 114 cm³/mol. The molecule has 0 rings (SSSR count). The molecule has 0 unspecified atom stereocenters. The van der Waals surface area contributed by atoms with Crippen LogP contribution >= 0.6 is 0 Å². The fourth-order valence-electron chi connectivity index (χ4n) is 2.21. The van der Waals surface area contributed by atoms with Crippen LogP contribution in [0.4, 0.5) is 18.0 Å². The van der Waals surface area contributed by atoms with Crippen molar-refractivity contribution in [3.8, 4) is 0 Å². The quantitative estimate of drug-likeness (QED) is 0.129. The van der Waals surface area contributed by atoms with Crippen LogP contribution in [0.1, 0.15) is 33.1 Å². The molecule has 0 aromatic heterocycles. The molecule has 0 radical (unpaired) electrons. The molecule has 0 saturated carbocycles. The monoisotopic (exact) mass is 516 g/mol. The van der Waals surface area contributed by atoms with Crippen LogP contribution in [0.15, 0.2) is 0 Å². The van der Waals surface area contributed by atoms with E-state index >= 15 is 0 Å². The van der Waals surface area contributed by atoms with E-state index in [1.807, 2.05) is 6.92 Å². The number of amides is 5. The summed E-state index contributed by atoms with van der Waals surface area (Å²) in [6.07, 6.45) is -4.19. The topological polar surface area (TPSA) is 243 Å². The van der Waals surface area contributed by atoms with Gasteiger partial charge in [-0.1, -0.05) is 20.3 Å². The van der Waals surface area contributed by atoms with Crippen molar-refractivity contribution in [1.29, 1.82) is 0 Å². The fraction of sp³-hybridized carbons (Fsp3) is 0.667. The molecule has 0 aromatic carbocycles. The minimum absolute atomic E-state index is 0.0646. The van der Waals surface area contributed by atoms with Gasteiger partial charge >= 0.3 is 24.1 Å². The highest BCUT2D eigenvalue weighted by atomic mass is 19.4. The molecule has 35 heavy (non-hydrogen) atoms. The lowest BCUT2D eigenvalue weighted by Gasteiger charge is -2.25. The number of alkyl halides is 3. The first-order valence-electron chi connectivity index (χ1n) is 10.2. The molecule has 5 amide bonds. The molecule has 14 nitrogen and oxygen atoms in total. The lowest BCUT2D eigenvalue weighted by atomic mass is 9.97. The minimum atomic E-state index is -5.08. The summed E-state index contributed by atoms with van der Waals surface area (Å²) in [6, 6.07) is -2.89. The first kappa shape index (κ1) is 33.5. The van der Waals surface area contributed by atoms with Gasteiger partial charge in [0.25, 0.3) is 0 Å². The Morgan fingerprint density at radius 3 is 1.91 bits per heavy atom. The van der Waals surface area contributed by atoms with Gasteiger partial charge in [-0.25, -0.2) is 14.4 Å². The van der Waals surface area contributed by atoms with Crippen LogP contribution in [0.3, 0.4) is 0 Å². The molecule has 0 aliphatic rings. The van der Waals surface area contributed by atoms with E-state index in [0.717, 1.165) is 0 Å². The van der Waals surface area contributed by atoms with E-state index in [4.69, 9.17) is 21.4 Å². The highest BCUT2D eigenvalue weighted by molar-refractivity contribution is 5.92. The first-order valence-corrected chi connectivity index (χ1v) is 10.2. The third-order valence-corrected chi connectivity index (χ3v) is 4.27. The van der Waals surface area contributed by atoms with E-state index < -0.39 is 54.0 Å². The fourth-order valence-corrected chi connectivity index (χ4v) is 2.21. The van der Waals surface area contributed by atoms with Gasteiger partial charge in [0, 0.05) is 6.54 Å². The number of carboxylic acids is 2. The third kappa shape index (κ3) is 16.6. The van der Waals surface area contributed by atoms with Gasteiger partial charge in [-0.15, -0.1) is 0 Å². The Kier molecular flexibility index (Phi) is 16.2. The SMILES string of the molecule is CC[C@H](C)[C@H](NC(=O)CNC(=O)CN)C(=O)N[C@@H](CCCNC(N)=O)C(=O)O.O=C(O)C(F)(F)F. The molecule has 0 heterocycles. The highest BCUT2D eigenvalue weighted by Gasteiger charge is 2.38. The second-order valence-corrected chi connectivity index (χ2v) is 7.05. The summed E-state index contributed by atoms with van der Waals surface area (Å²) in [5.41, 5.74) is 10.1. The Morgan fingerprint density at radius 1 is 0.971 bits per heavy atom. The number of hydrogen-bond acceptors (Lipinski definition) is 7. The smallest absolute Gasteiger partial charge is 0.480 e. The number of carbonyl (C=O) groups is 6. The van der Waals surface area contributed by atoms with Gasteiger partial charge in [0.15, 0.2) is 0 Å². The molecule has 0 aromatic rings. The van der Waals surface area contributed by atoms with Crippen molar-refractivity contribution in [1.82, 2.24) is 21.3 Å². The molecule has 202 valence electrons. The van der Waals surface area contributed by atoms with E-state index in [1.165, 1.54) is 0 Å². The maximum atomic E-state index is 12.5. The number of primary amides is 1. The van der Waals surface area contributed by atoms with Crippen molar-refractivity contribution in [2.75, 3.05) is 19.6 Å². The average Bonchev–Trinajstić information content (AvgIpc) is 2.76. The van der Waals surface area contributed by atoms with Crippen LogP contribution in [-0.4, -0.2) is 83.8 Å². The van der Waals surface area contributed by atoms with Gasteiger partial charge in [0.05, 0.1) is 13.1 Å². The Morgan fingerprint density at radius 2 is 1.51 bits per heavy atom. The molecular weight excluding hydrogens is 485 g/mol. The Balaban J connectivity index is 0. The maximum Gasteiger partial charge on any atom is 0.490 e. The van der Waals surface area contributed by atoms with Gasteiger partial charge in [-0.05, 0) is 18.8 Å². The number of hydrogen-bond donors (Lipinski definition) is 8. The Hall–Kier alpha value is -3.63. The number of nitrogens with two attached hydrogens (primary N) is 2. The van der Waals surface area contributed by atoms with E-state index in [1.54, 1.807) is 6.92 Å². The molecule has 0 spiro atoms. The average molecular weight is 516 g/mol. The Bertz CT molecular complexity index is 750. The summed E-state index contributed by atoms with van der Waals surface area (Å²) in [7, 11) is 0. The molecule has 3 atom stereocenters. The normalized spacial score (nSPS) is 13.1. The van der Waals surface area contributed by atoms with Gasteiger partial charge in [-0.2, -0.15) is 13.2 Å². The molecule has 0 aliphatic heterocycles. The molecule has 0 saturated heterocycles. The van der Waals surface area contributed by atoms with Crippen molar-refractivity contribution in [3.63, 3.8) is 0 Å². The summed E-state index contributed by atoms with van der Waals surface area (Å²) in [4.78, 5) is 66.5. The molecule has 17 heteroatoms. The largest absolute Gasteiger partial charge is 0.490 e. The summed E-state index contributed by atoms with van der Waals surface area (Å²) in [5.74, 6) is -6.04. The lowest BCUT2D eigenvalue weighted by molar-refractivity contribution is -0.192. The van der Waals surface area contributed by atoms with E-state index in [0.29, 0.717) is 6.42 Å². The zero-order valence-corrected chi connectivity index (χ0v) is 19.1. The third-order valence-electron chi connectivity index (χ3n) is 4.27. The minimum Gasteiger partial charge on any atom is -0.480 e. The number of nitrogens with one attached hydrogen (secondary N) is 4. The van der Waals surface area contributed by atoms with Crippen molar-refractivity contribution in [2.45, 2.75) is 51.4 Å². The standard InChI is InChI=1S/C16H30N6O6.C2HF3O2/c1-3-9(2)13(22-12(24)8-20-11(23)7-17)14(25)21-10(15(26)27)5-4-6-19-16(18)28;3-2(4,5)1(6)7/h9-10,13H,3-8,17H2,1-2H3,(H,20,23)(H,21,25)(H,22,24)(H,26,27)(H3,18,19,28);(H,6,7)/t9-,10-,13-;/m0./s1. The van der Waals surface area contributed by atoms with Crippen molar-refractivity contribution < 1.29 is 52.2 Å². The first-order chi connectivity index (χ1) is 16.1. The Labute approximate surface area is 198 Å². The van der Waals surface area contributed by atoms with Crippen LogP contribution in [0.5, 0.6) is 0 Å². The number of rotatable bonds is 13. The summed E-state index contributed by atoms with van der Waals surface area (Å²) in [6.45, 7) is 3.10. The lowest BCUT2D eigenvalue weighted by Crippen LogP contribution is -2.55. The molecular formula is C18H31F3N6O8. The van der Waals surface area contributed by atoms with Crippen LogP contribution in [0, 0.1) is 5.92 Å². The van der Waals surface area contributed by atoms with Crippen LogP contribution in [-0.2, 0) is 24.0 Å². The molecule has 0 aliphatic carbocycles. The zero-order valence-electron chi connectivity index (χ0n) is 19.1. The number of carboxylic acid groups (broad SMARTS) is 2. The van der Waals surface area contributed by atoms with E-state index in [2.05, 4.69) is 21.3 Å². The van der Waals surface area contributed by atoms with Gasteiger partial charge < -0.3 is 42.9 Å². The predicted octanol–water partition coefficient (Wildman–Crippen LogP) is -1.76. The second-order valence-electron chi connectivity index (χ2n) is 7.05. The maximum absolute atomic E-state index is 12.5.